The number of nitrogen functional groups attached to an aromatic ring is 1. The van der Waals surface area contributed by atoms with Gasteiger partial charge in [-0.15, -0.1) is 0 Å². The number of carbonyl (C=O) groups excluding carboxylic acids is 1. The normalized spacial score (nSPS) is 12.0. The van der Waals surface area contributed by atoms with E-state index >= 15 is 0 Å². The van der Waals surface area contributed by atoms with Gasteiger partial charge in [0, 0.05) is 11.9 Å². The SMILES string of the molecule is C/C(=N/NC(=O)c1nn(CCC(C)C)c(=O)c2ccccc12)c1c(C)nsc1N. The zero-order valence-electron chi connectivity index (χ0n) is 16.9. The van der Waals surface area contributed by atoms with Gasteiger partial charge in [0.15, 0.2) is 5.69 Å². The molecule has 8 nitrogen and oxygen atoms in total. The first-order valence-electron chi connectivity index (χ1n) is 9.36. The summed E-state index contributed by atoms with van der Waals surface area (Å²) in [6, 6.07) is 6.97. The molecule has 0 atom stereocenters. The first-order valence-corrected chi connectivity index (χ1v) is 10.1. The van der Waals surface area contributed by atoms with Crippen LogP contribution in [0.2, 0.25) is 0 Å². The van der Waals surface area contributed by atoms with E-state index in [0.717, 1.165) is 17.7 Å². The second-order valence-electron chi connectivity index (χ2n) is 7.25. The summed E-state index contributed by atoms with van der Waals surface area (Å²) < 4.78 is 5.55. The lowest BCUT2D eigenvalue weighted by atomic mass is 10.1. The second kappa shape index (κ2) is 8.52. The highest BCUT2D eigenvalue weighted by molar-refractivity contribution is 7.10. The molecule has 9 heteroatoms. The van der Waals surface area contributed by atoms with Gasteiger partial charge >= 0.3 is 0 Å². The number of fused-ring (bicyclic) bond motifs is 1. The quantitative estimate of drug-likeness (QED) is 0.477. The summed E-state index contributed by atoms with van der Waals surface area (Å²) in [4.78, 5) is 25.6. The largest absolute Gasteiger partial charge is 0.389 e. The van der Waals surface area contributed by atoms with Crippen LogP contribution < -0.4 is 16.7 Å². The first-order chi connectivity index (χ1) is 13.8. The highest BCUT2D eigenvalue weighted by Gasteiger charge is 2.17. The third-order valence-electron chi connectivity index (χ3n) is 4.58. The topological polar surface area (TPSA) is 115 Å². The Labute approximate surface area is 172 Å². The van der Waals surface area contributed by atoms with Crippen molar-refractivity contribution in [2.75, 3.05) is 5.73 Å². The van der Waals surface area contributed by atoms with E-state index in [1.807, 2.05) is 6.92 Å². The molecule has 1 amide bonds. The summed E-state index contributed by atoms with van der Waals surface area (Å²) in [5.74, 6) is -0.0779. The number of nitrogens with zero attached hydrogens (tertiary/aromatic N) is 4. The molecule has 0 aliphatic rings. The summed E-state index contributed by atoms with van der Waals surface area (Å²) in [5.41, 5.74) is 10.5. The van der Waals surface area contributed by atoms with E-state index in [1.54, 1.807) is 31.2 Å². The van der Waals surface area contributed by atoms with Gasteiger partial charge in [0.05, 0.1) is 22.4 Å². The summed E-state index contributed by atoms with van der Waals surface area (Å²) >= 11 is 1.19. The fourth-order valence-corrected chi connectivity index (χ4v) is 3.72. The lowest BCUT2D eigenvalue weighted by Gasteiger charge is -2.11. The second-order valence-corrected chi connectivity index (χ2v) is 8.06. The lowest BCUT2D eigenvalue weighted by molar-refractivity contribution is 0.0949. The number of carbonyl (C=O) groups is 1. The van der Waals surface area contributed by atoms with Crippen molar-refractivity contribution in [1.82, 2.24) is 19.6 Å². The van der Waals surface area contributed by atoms with Crippen molar-refractivity contribution in [3.63, 3.8) is 0 Å². The average molecular weight is 413 g/mol. The van der Waals surface area contributed by atoms with E-state index in [1.165, 1.54) is 16.2 Å². The Kier molecular flexibility index (Phi) is 6.07. The van der Waals surface area contributed by atoms with E-state index in [2.05, 4.69) is 33.8 Å². The molecule has 0 spiro atoms. The molecule has 152 valence electrons. The van der Waals surface area contributed by atoms with Crippen LogP contribution >= 0.6 is 11.5 Å². The Morgan fingerprint density at radius 3 is 2.62 bits per heavy atom. The predicted molar refractivity (Wildman–Crippen MR) is 116 cm³/mol. The van der Waals surface area contributed by atoms with Gasteiger partial charge in [0.2, 0.25) is 0 Å². The molecule has 0 bridgehead atoms. The monoisotopic (exact) mass is 412 g/mol. The Morgan fingerprint density at radius 2 is 2.00 bits per heavy atom. The Morgan fingerprint density at radius 1 is 1.31 bits per heavy atom. The predicted octanol–water partition coefficient (Wildman–Crippen LogP) is 2.94. The number of nitrogens with two attached hydrogens (primary N) is 1. The summed E-state index contributed by atoms with van der Waals surface area (Å²) in [6.45, 7) is 8.18. The van der Waals surface area contributed by atoms with Crippen LogP contribution in [0.3, 0.4) is 0 Å². The summed E-state index contributed by atoms with van der Waals surface area (Å²) in [5, 5.41) is 10.0. The molecular formula is C20H24N6O2S. The van der Waals surface area contributed by atoms with Gasteiger partial charge in [-0.3, -0.25) is 9.59 Å². The van der Waals surface area contributed by atoms with Gasteiger partial charge in [0.1, 0.15) is 5.00 Å². The van der Waals surface area contributed by atoms with Crippen LogP contribution in [0.5, 0.6) is 0 Å². The van der Waals surface area contributed by atoms with Crippen LogP contribution in [0.25, 0.3) is 10.8 Å². The maximum Gasteiger partial charge on any atom is 0.292 e. The van der Waals surface area contributed by atoms with Crippen molar-refractivity contribution in [3.8, 4) is 0 Å². The highest BCUT2D eigenvalue weighted by Crippen LogP contribution is 2.21. The molecule has 3 aromatic rings. The van der Waals surface area contributed by atoms with Crippen molar-refractivity contribution in [3.05, 3.63) is 51.6 Å². The van der Waals surface area contributed by atoms with E-state index in [-0.39, 0.29) is 11.3 Å². The van der Waals surface area contributed by atoms with Crippen LogP contribution in [-0.2, 0) is 6.54 Å². The smallest absolute Gasteiger partial charge is 0.292 e. The van der Waals surface area contributed by atoms with Crippen LogP contribution in [0.1, 0.15) is 48.9 Å². The Hall–Kier alpha value is -3.07. The molecule has 0 aliphatic heterocycles. The molecule has 3 rings (SSSR count). The zero-order valence-corrected chi connectivity index (χ0v) is 17.7. The molecule has 2 aromatic heterocycles. The highest BCUT2D eigenvalue weighted by atomic mass is 32.1. The third kappa shape index (κ3) is 4.34. The number of nitrogens with one attached hydrogen (secondary N) is 1. The Balaban J connectivity index is 1.97. The minimum atomic E-state index is -0.488. The lowest BCUT2D eigenvalue weighted by Crippen LogP contribution is -2.29. The molecule has 0 fully saturated rings. The molecule has 29 heavy (non-hydrogen) atoms. The number of hydrogen-bond acceptors (Lipinski definition) is 7. The number of aryl methyl sites for hydroxylation is 2. The van der Waals surface area contributed by atoms with Gasteiger partial charge in [0.25, 0.3) is 11.5 Å². The van der Waals surface area contributed by atoms with E-state index in [0.29, 0.717) is 33.9 Å². The van der Waals surface area contributed by atoms with Crippen molar-refractivity contribution in [2.45, 2.75) is 40.7 Å². The molecule has 3 N–H and O–H groups in total. The van der Waals surface area contributed by atoms with Gasteiger partial charge in [-0.1, -0.05) is 32.0 Å². The van der Waals surface area contributed by atoms with Crippen LogP contribution in [0, 0.1) is 12.8 Å². The van der Waals surface area contributed by atoms with Crippen LogP contribution in [0.4, 0.5) is 5.00 Å². The number of benzene rings is 1. The minimum Gasteiger partial charge on any atom is -0.389 e. The number of amides is 1. The third-order valence-corrected chi connectivity index (χ3v) is 5.34. The molecule has 0 saturated heterocycles. The van der Waals surface area contributed by atoms with E-state index < -0.39 is 5.91 Å². The van der Waals surface area contributed by atoms with E-state index in [4.69, 9.17) is 5.73 Å². The van der Waals surface area contributed by atoms with Crippen molar-refractivity contribution >= 4 is 38.9 Å². The van der Waals surface area contributed by atoms with Gasteiger partial charge < -0.3 is 5.73 Å². The number of aromatic nitrogens is 3. The average Bonchev–Trinajstić information content (AvgIpc) is 3.03. The van der Waals surface area contributed by atoms with Crippen molar-refractivity contribution in [1.29, 1.82) is 0 Å². The van der Waals surface area contributed by atoms with Crippen LogP contribution in [0.15, 0.2) is 34.2 Å². The molecule has 0 saturated carbocycles. The van der Waals surface area contributed by atoms with Crippen molar-refractivity contribution in [2.24, 2.45) is 11.0 Å². The number of hydrazone groups is 1. The zero-order chi connectivity index (χ0) is 21.1. The number of rotatable bonds is 6. The maximum absolute atomic E-state index is 12.9. The number of anilines is 1. The fourth-order valence-electron chi connectivity index (χ4n) is 3.01. The summed E-state index contributed by atoms with van der Waals surface area (Å²) in [7, 11) is 0. The molecule has 0 unspecified atom stereocenters. The van der Waals surface area contributed by atoms with Crippen LogP contribution in [-0.4, -0.2) is 25.8 Å². The number of hydrogen-bond donors (Lipinski definition) is 2. The first kappa shape index (κ1) is 20.7. The maximum atomic E-state index is 12.9. The minimum absolute atomic E-state index is 0.161. The van der Waals surface area contributed by atoms with Crippen molar-refractivity contribution < 1.29 is 4.79 Å². The van der Waals surface area contributed by atoms with Gasteiger partial charge in [-0.05, 0) is 43.8 Å². The Bertz CT molecular complexity index is 1130. The van der Waals surface area contributed by atoms with Gasteiger partial charge in [-0.25, -0.2) is 10.1 Å². The fraction of sp³-hybridized carbons (Fsp3) is 0.350. The molecule has 2 heterocycles. The standard InChI is InChI=1S/C20H24N6O2S/c1-11(2)9-10-26-20(28)15-8-6-5-7-14(15)17(24-26)19(27)23-22-12(3)16-13(4)25-29-18(16)21/h5-8,11H,9-10,21H2,1-4H3,(H,23,27)/b22-12-. The van der Waals surface area contributed by atoms with Gasteiger partial charge in [-0.2, -0.15) is 14.6 Å². The van der Waals surface area contributed by atoms with E-state index in [9.17, 15) is 9.59 Å². The molecule has 0 aliphatic carbocycles. The molecule has 0 radical (unpaired) electrons. The summed E-state index contributed by atoms with van der Waals surface area (Å²) in [6.07, 6.45) is 0.785. The molecular weight excluding hydrogens is 388 g/mol. The molecule has 1 aromatic carbocycles.